The number of nitrogens with zero attached hydrogens (tertiary/aromatic N) is 2. The summed E-state index contributed by atoms with van der Waals surface area (Å²) < 4.78 is 10.1. The van der Waals surface area contributed by atoms with Gasteiger partial charge in [0.2, 0.25) is 0 Å². The van der Waals surface area contributed by atoms with Crippen LogP contribution in [0.2, 0.25) is 0 Å². The van der Waals surface area contributed by atoms with Crippen LogP contribution in [0.4, 0.5) is 0 Å². The van der Waals surface area contributed by atoms with Crippen LogP contribution in [-0.2, 0) is 19.1 Å². The molecule has 0 atom stereocenters. The van der Waals surface area contributed by atoms with Crippen LogP contribution in [-0.4, -0.2) is 46.1 Å². The summed E-state index contributed by atoms with van der Waals surface area (Å²) >= 11 is 0. The number of ether oxygens (including phenoxy) is 2. The number of rotatable bonds is 9. The van der Waals surface area contributed by atoms with E-state index >= 15 is 0 Å². The summed E-state index contributed by atoms with van der Waals surface area (Å²) in [4.78, 5) is 42.9. The van der Waals surface area contributed by atoms with Crippen molar-refractivity contribution in [2.75, 3.05) is 14.2 Å². The fraction of sp³-hybridized carbons (Fsp3) is 0.238. The van der Waals surface area contributed by atoms with Gasteiger partial charge in [-0.05, 0) is 97.7 Å². The Morgan fingerprint density at radius 1 is 0.680 bits per heavy atom. The molecule has 5 heterocycles. The summed E-state index contributed by atoms with van der Waals surface area (Å²) in [6.07, 6.45) is 4.98. The predicted octanol–water partition coefficient (Wildman–Crippen LogP) is 9.65. The summed E-state index contributed by atoms with van der Waals surface area (Å²) in [5, 5.41) is 0. The molecular weight excluding hydrogens is 624 g/mol. The molecule has 0 aliphatic carbocycles. The number of fused-ring (bicyclic) bond motifs is 8. The van der Waals surface area contributed by atoms with E-state index in [4.69, 9.17) is 19.4 Å². The Balaban J connectivity index is 1.84. The molecule has 8 nitrogen and oxygen atoms in total. The van der Waals surface area contributed by atoms with Gasteiger partial charge in [-0.15, -0.1) is 0 Å². The van der Waals surface area contributed by atoms with Crippen LogP contribution in [0.3, 0.4) is 0 Å². The maximum atomic E-state index is 12.5. The van der Waals surface area contributed by atoms with E-state index in [1.54, 1.807) is 0 Å². The average molecular weight is 667 g/mol. The lowest BCUT2D eigenvalue weighted by atomic mass is 9.90. The number of esters is 2. The Bertz CT molecular complexity index is 2160. The number of hydrogen-bond donors (Lipinski definition) is 2. The minimum Gasteiger partial charge on any atom is -0.469 e. The first-order valence-corrected chi connectivity index (χ1v) is 16.7. The van der Waals surface area contributed by atoms with E-state index in [0.29, 0.717) is 12.8 Å². The fourth-order valence-corrected chi connectivity index (χ4v) is 6.93. The monoisotopic (exact) mass is 666 g/mol. The zero-order chi connectivity index (χ0) is 35.7. The van der Waals surface area contributed by atoms with Crippen LogP contribution in [0, 0.1) is 13.8 Å². The van der Waals surface area contributed by atoms with Crippen LogP contribution >= 0.6 is 0 Å². The Labute approximate surface area is 292 Å². The molecule has 0 saturated heterocycles. The summed E-state index contributed by atoms with van der Waals surface area (Å²) in [6, 6.07) is 16.3. The van der Waals surface area contributed by atoms with Crippen molar-refractivity contribution >= 4 is 68.4 Å². The highest BCUT2D eigenvalue weighted by atomic mass is 16.5. The van der Waals surface area contributed by atoms with Gasteiger partial charge in [-0.2, -0.15) is 0 Å². The third kappa shape index (κ3) is 6.13. The van der Waals surface area contributed by atoms with Gasteiger partial charge in [-0.25, -0.2) is 9.97 Å². The maximum absolute atomic E-state index is 12.5. The molecule has 0 unspecified atom stereocenters. The first kappa shape index (κ1) is 34.1. The summed E-state index contributed by atoms with van der Waals surface area (Å²) in [5.41, 5.74) is 16.3. The van der Waals surface area contributed by atoms with Gasteiger partial charge >= 0.3 is 11.9 Å². The lowest BCUT2D eigenvalue weighted by molar-refractivity contribution is -0.141. The summed E-state index contributed by atoms with van der Waals surface area (Å²) in [5.74, 6) is -0.592. The van der Waals surface area contributed by atoms with E-state index in [0.717, 1.165) is 101 Å². The number of nitrogens with one attached hydrogen (secondary N) is 2. The van der Waals surface area contributed by atoms with Crippen molar-refractivity contribution in [3.63, 3.8) is 0 Å². The van der Waals surface area contributed by atoms with Crippen LogP contribution in [0.1, 0.15) is 84.6 Å². The number of aromatic nitrogens is 4. The van der Waals surface area contributed by atoms with Gasteiger partial charge in [0.25, 0.3) is 0 Å². The van der Waals surface area contributed by atoms with E-state index in [1.165, 1.54) is 14.2 Å². The van der Waals surface area contributed by atoms with Gasteiger partial charge in [0.1, 0.15) is 0 Å². The Morgan fingerprint density at radius 3 is 1.52 bits per heavy atom. The predicted molar refractivity (Wildman–Crippen MR) is 204 cm³/mol. The first-order valence-electron chi connectivity index (χ1n) is 16.7. The summed E-state index contributed by atoms with van der Waals surface area (Å²) in [6.45, 7) is 16.5. The molecule has 0 saturated carbocycles. The second kappa shape index (κ2) is 14.0. The number of carbonyl (C=O) groups excluding carboxylic acids is 2. The Hall–Kier alpha value is -5.76. The maximum Gasteiger partial charge on any atom is 0.305 e. The highest BCUT2D eigenvalue weighted by molar-refractivity contribution is 6.03. The molecule has 4 aromatic rings. The molecule has 2 aliphatic heterocycles. The second-order valence-corrected chi connectivity index (χ2v) is 12.6. The lowest BCUT2D eigenvalue weighted by Gasteiger charge is -2.13. The molecule has 0 radical (unpaired) electrons. The topological polar surface area (TPSA) is 110 Å². The minimum atomic E-state index is -0.296. The Kier molecular flexibility index (Phi) is 9.55. The fourth-order valence-electron chi connectivity index (χ4n) is 6.93. The van der Waals surface area contributed by atoms with Gasteiger partial charge in [-0.3, -0.25) is 9.59 Å². The van der Waals surface area contributed by atoms with Crippen LogP contribution < -0.4 is 0 Å². The van der Waals surface area contributed by atoms with Crippen molar-refractivity contribution in [2.45, 2.75) is 53.4 Å². The molecule has 2 aliphatic rings. The van der Waals surface area contributed by atoms with Gasteiger partial charge < -0.3 is 19.4 Å². The van der Waals surface area contributed by atoms with Crippen molar-refractivity contribution in [1.82, 2.24) is 19.9 Å². The minimum absolute atomic E-state index is 0.195. The lowest BCUT2D eigenvalue weighted by Crippen LogP contribution is -2.02. The number of aryl methyl sites for hydroxylation is 2. The standard InChI is InChI=1S/C42H42N4O4/c1-9-28-23(3)32-20-34-25(5)30(16-18-38(47)49-7)41(45-34)40(27-14-12-11-13-15-27)42-31(17-19-39(48)50-8)26(6)35(46-42)21-33-24(4)29(10-2)37(44-33)22-36(28)43-32/h9-15,20-22,43-44H,1-2,16-19H2,3-8H3. The molecule has 2 N–H and O–H groups in total. The smallest absolute Gasteiger partial charge is 0.305 e. The van der Waals surface area contributed by atoms with E-state index in [9.17, 15) is 9.59 Å². The van der Waals surface area contributed by atoms with Gasteiger partial charge in [0, 0.05) is 51.6 Å². The van der Waals surface area contributed by atoms with Crippen LogP contribution in [0.15, 0.2) is 61.7 Å². The average Bonchev–Trinajstić information content (AvgIpc) is 3.79. The number of benzene rings is 1. The third-order valence-corrected chi connectivity index (χ3v) is 9.85. The van der Waals surface area contributed by atoms with E-state index in [1.807, 2.05) is 56.3 Å². The molecule has 8 bridgehead atoms. The molecule has 6 rings (SSSR count). The SMILES string of the molecule is C=Cc1c(C)c2cc3nc(c(-c4ccccc4)c4nc(cc5[nH]c(cc1[nH]2)c(C=C)c5C)C(C)=C4CCC(=O)OC)C(CCC(=O)OC)=C3C. The number of allylic oxidation sites excluding steroid dienone is 4. The number of carbonyl (C=O) groups is 2. The second-order valence-electron chi connectivity index (χ2n) is 12.6. The van der Waals surface area contributed by atoms with E-state index in [-0.39, 0.29) is 24.8 Å². The quantitative estimate of drug-likeness (QED) is 0.172. The molecule has 3 aromatic heterocycles. The molecule has 0 spiro atoms. The highest BCUT2D eigenvalue weighted by Gasteiger charge is 2.28. The third-order valence-electron chi connectivity index (χ3n) is 9.85. The molecule has 254 valence electrons. The van der Waals surface area contributed by atoms with Crippen molar-refractivity contribution in [3.05, 3.63) is 107 Å². The molecule has 1 aromatic carbocycles. The molecule has 0 fully saturated rings. The zero-order valence-electron chi connectivity index (χ0n) is 29.5. The zero-order valence-corrected chi connectivity index (χ0v) is 29.5. The van der Waals surface area contributed by atoms with Crippen molar-refractivity contribution in [3.8, 4) is 11.1 Å². The Morgan fingerprint density at radius 2 is 1.12 bits per heavy atom. The van der Waals surface area contributed by atoms with Crippen molar-refractivity contribution < 1.29 is 19.1 Å². The number of hydrogen-bond acceptors (Lipinski definition) is 6. The van der Waals surface area contributed by atoms with Gasteiger partial charge in [-0.1, -0.05) is 55.6 Å². The molecule has 50 heavy (non-hydrogen) atoms. The molecular formula is C42H42N4O4. The largest absolute Gasteiger partial charge is 0.469 e. The summed E-state index contributed by atoms with van der Waals surface area (Å²) in [7, 11) is 2.81. The van der Waals surface area contributed by atoms with E-state index < -0.39 is 0 Å². The van der Waals surface area contributed by atoms with Crippen molar-refractivity contribution in [2.24, 2.45) is 0 Å². The normalized spacial score (nSPS) is 12.7. The highest BCUT2D eigenvalue weighted by Crippen LogP contribution is 2.44. The van der Waals surface area contributed by atoms with E-state index in [2.05, 4.69) is 55.2 Å². The van der Waals surface area contributed by atoms with Gasteiger partial charge in [0.15, 0.2) is 0 Å². The number of H-pyrrole nitrogens is 2. The molecule has 0 amide bonds. The van der Waals surface area contributed by atoms with Crippen LogP contribution in [0.5, 0.6) is 0 Å². The van der Waals surface area contributed by atoms with Gasteiger partial charge in [0.05, 0.1) is 37.0 Å². The molecule has 8 heteroatoms. The van der Waals surface area contributed by atoms with Crippen molar-refractivity contribution in [1.29, 1.82) is 0 Å². The first-order chi connectivity index (χ1) is 24.1. The number of aromatic amines is 2. The number of methoxy groups -OCH3 is 2. The van der Waals surface area contributed by atoms with Crippen LogP contribution in [0.25, 0.3) is 67.6 Å².